The van der Waals surface area contributed by atoms with Gasteiger partial charge in [0.25, 0.3) is 11.5 Å². The topological polar surface area (TPSA) is 91.3 Å². The second-order valence-electron chi connectivity index (χ2n) is 7.49. The molecule has 1 fully saturated rings. The minimum atomic E-state index is -0.329. The smallest absolute Gasteiger partial charge is 0.268 e. The molecule has 1 N–H and O–H groups in total. The molecule has 2 aromatic heterocycles. The summed E-state index contributed by atoms with van der Waals surface area (Å²) in [6.07, 6.45) is 4.68. The molecule has 146 valence electrons. The molecular weight excluding hydrogens is 370 g/mol. The van der Waals surface area contributed by atoms with E-state index >= 15 is 0 Å². The number of pyridine rings is 1. The summed E-state index contributed by atoms with van der Waals surface area (Å²) in [5, 5.41) is 7.81. The van der Waals surface area contributed by atoms with Crippen LogP contribution >= 0.6 is 0 Å². The fourth-order valence-electron chi connectivity index (χ4n) is 4.20. The molecule has 0 spiro atoms. The van der Waals surface area contributed by atoms with E-state index in [-0.39, 0.29) is 29.0 Å². The summed E-state index contributed by atoms with van der Waals surface area (Å²) in [4.78, 5) is 41.3. The van der Waals surface area contributed by atoms with Crippen molar-refractivity contribution in [3.8, 4) is 5.69 Å². The van der Waals surface area contributed by atoms with E-state index in [4.69, 9.17) is 0 Å². The highest BCUT2D eigenvalue weighted by Gasteiger charge is 2.41. The van der Waals surface area contributed by atoms with Crippen LogP contribution in [0.2, 0.25) is 0 Å². The molecule has 4 heterocycles. The van der Waals surface area contributed by atoms with Crippen molar-refractivity contribution in [2.45, 2.75) is 19.5 Å². The Morgan fingerprint density at radius 2 is 2.07 bits per heavy atom. The number of nitrogens with one attached hydrogen (secondary N) is 1. The summed E-state index contributed by atoms with van der Waals surface area (Å²) >= 11 is 0. The van der Waals surface area contributed by atoms with Gasteiger partial charge >= 0.3 is 0 Å². The van der Waals surface area contributed by atoms with Gasteiger partial charge in [0.1, 0.15) is 5.56 Å². The first-order valence-corrected chi connectivity index (χ1v) is 9.39. The molecule has 1 aromatic carbocycles. The number of hydrogen-bond acceptors (Lipinski definition) is 4. The van der Waals surface area contributed by atoms with Crippen LogP contribution in [-0.2, 0) is 11.3 Å². The van der Waals surface area contributed by atoms with Gasteiger partial charge in [-0.05, 0) is 36.3 Å². The van der Waals surface area contributed by atoms with Gasteiger partial charge in [-0.2, -0.15) is 5.10 Å². The molecule has 2 amide bonds. The highest BCUT2D eigenvalue weighted by atomic mass is 16.2. The maximum atomic E-state index is 13.3. The fraction of sp³-hybridized carbons (Fsp3) is 0.238. The van der Waals surface area contributed by atoms with Crippen LogP contribution in [0, 0.1) is 6.92 Å². The average molecular weight is 389 g/mol. The lowest BCUT2D eigenvalue weighted by molar-refractivity contribution is -0.132. The fourth-order valence-corrected chi connectivity index (χ4v) is 4.20. The number of aromatic amines is 1. The van der Waals surface area contributed by atoms with Gasteiger partial charge in [-0.25, -0.2) is 0 Å². The molecule has 8 heteroatoms. The quantitative estimate of drug-likeness (QED) is 0.685. The van der Waals surface area contributed by atoms with E-state index in [1.807, 2.05) is 25.1 Å². The van der Waals surface area contributed by atoms with Crippen LogP contribution in [0.3, 0.4) is 0 Å². The van der Waals surface area contributed by atoms with Crippen molar-refractivity contribution >= 4 is 22.7 Å². The Hall–Kier alpha value is -3.68. The van der Waals surface area contributed by atoms with Crippen LogP contribution in [0.1, 0.15) is 21.5 Å². The molecule has 0 saturated carbocycles. The number of hydrogen-bond donors (Lipinski definition) is 1. The van der Waals surface area contributed by atoms with Gasteiger partial charge in [-0.15, -0.1) is 0 Å². The van der Waals surface area contributed by atoms with Crippen molar-refractivity contribution in [3.63, 3.8) is 0 Å². The van der Waals surface area contributed by atoms with Crippen molar-refractivity contribution in [2.75, 3.05) is 13.1 Å². The highest BCUT2D eigenvalue weighted by Crippen LogP contribution is 2.28. The number of fused-ring (bicyclic) bond motifs is 2. The first-order chi connectivity index (χ1) is 14.0. The number of aromatic nitrogens is 3. The minimum Gasteiger partial charge on any atom is -0.335 e. The molecule has 2 aliphatic rings. The SMILES string of the molecule is C=CC(=O)N1CC(N2Cc3ccn(-c4c(C)ccc5[nH]ncc45)c(=O)c3C2=O)C1. The zero-order valence-electron chi connectivity index (χ0n) is 15.9. The maximum absolute atomic E-state index is 13.3. The Morgan fingerprint density at radius 3 is 2.83 bits per heavy atom. The largest absolute Gasteiger partial charge is 0.335 e. The normalized spacial score (nSPS) is 16.2. The van der Waals surface area contributed by atoms with Crippen molar-refractivity contribution in [2.24, 2.45) is 0 Å². The average Bonchev–Trinajstić information content (AvgIpc) is 3.27. The Labute approximate surface area is 166 Å². The first kappa shape index (κ1) is 17.4. The van der Waals surface area contributed by atoms with E-state index in [1.54, 1.807) is 22.2 Å². The molecular formula is C21H19N5O3. The van der Waals surface area contributed by atoms with Gasteiger partial charge in [-0.1, -0.05) is 12.6 Å². The predicted molar refractivity (Wildman–Crippen MR) is 107 cm³/mol. The number of likely N-dealkylation sites (tertiary alicyclic amines) is 1. The molecule has 0 unspecified atom stereocenters. The lowest BCUT2D eigenvalue weighted by Crippen LogP contribution is -2.60. The molecule has 5 rings (SSSR count). The van der Waals surface area contributed by atoms with E-state index < -0.39 is 0 Å². The second-order valence-corrected chi connectivity index (χ2v) is 7.49. The van der Waals surface area contributed by atoms with Crippen LogP contribution in [0.25, 0.3) is 16.6 Å². The second kappa shape index (κ2) is 6.16. The number of carbonyl (C=O) groups excluding carboxylic acids is 2. The van der Waals surface area contributed by atoms with Crippen molar-refractivity contribution < 1.29 is 9.59 Å². The van der Waals surface area contributed by atoms with Crippen LogP contribution in [-0.4, -0.2) is 55.5 Å². The summed E-state index contributed by atoms with van der Waals surface area (Å²) < 4.78 is 1.53. The lowest BCUT2D eigenvalue weighted by Gasteiger charge is -2.43. The third-order valence-corrected chi connectivity index (χ3v) is 5.82. The van der Waals surface area contributed by atoms with Crippen LogP contribution in [0.4, 0.5) is 0 Å². The molecule has 3 aromatic rings. The Morgan fingerprint density at radius 1 is 1.28 bits per heavy atom. The summed E-state index contributed by atoms with van der Waals surface area (Å²) in [7, 11) is 0. The van der Waals surface area contributed by atoms with Gasteiger partial charge in [0, 0.05) is 31.2 Å². The number of carbonyl (C=O) groups is 2. The van der Waals surface area contributed by atoms with E-state index in [0.717, 1.165) is 27.7 Å². The Kier molecular flexibility index (Phi) is 3.70. The summed E-state index contributed by atoms with van der Waals surface area (Å²) in [5.41, 5.74) is 3.07. The number of amides is 2. The van der Waals surface area contributed by atoms with Gasteiger partial charge in [-0.3, -0.25) is 24.0 Å². The molecule has 0 atom stereocenters. The summed E-state index contributed by atoms with van der Waals surface area (Å²) in [6, 6.07) is 5.59. The molecule has 0 bridgehead atoms. The number of H-pyrrole nitrogens is 1. The van der Waals surface area contributed by atoms with E-state index in [1.165, 1.54) is 10.6 Å². The zero-order chi connectivity index (χ0) is 20.3. The van der Waals surface area contributed by atoms with Gasteiger partial charge in [0.05, 0.1) is 23.4 Å². The summed E-state index contributed by atoms with van der Waals surface area (Å²) in [5.74, 6) is -0.413. The summed E-state index contributed by atoms with van der Waals surface area (Å²) in [6.45, 7) is 6.73. The standard InChI is InChI=1S/C21H19N5O3/c1-3-17(27)24-10-14(11-24)26-9-13-6-7-25(20(28)18(13)21(26)29)19-12(2)4-5-16-15(19)8-22-23-16/h3-8,14H,1,9-11H2,2H3,(H,22,23). The highest BCUT2D eigenvalue weighted by molar-refractivity contribution is 5.99. The molecule has 0 aliphatic carbocycles. The van der Waals surface area contributed by atoms with Crippen LogP contribution in [0.5, 0.6) is 0 Å². The molecule has 2 aliphatic heterocycles. The third-order valence-electron chi connectivity index (χ3n) is 5.82. The number of aryl methyl sites for hydroxylation is 1. The first-order valence-electron chi connectivity index (χ1n) is 9.39. The van der Waals surface area contributed by atoms with E-state index in [2.05, 4.69) is 16.8 Å². The van der Waals surface area contributed by atoms with Gasteiger partial charge < -0.3 is 9.80 Å². The molecule has 8 nitrogen and oxygen atoms in total. The predicted octanol–water partition coefficient (Wildman–Crippen LogP) is 1.37. The van der Waals surface area contributed by atoms with Crippen LogP contribution in [0.15, 0.2) is 48.0 Å². The molecule has 29 heavy (non-hydrogen) atoms. The Bertz CT molecular complexity index is 1250. The van der Waals surface area contributed by atoms with Crippen molar-refractivity contribution in [1.29, 1.82) is 0 Å². The van der Waals surface area contributed by atoms with Crippen LogP contribution < -0.4 is 5.56 Å². The third kappa shape index (κ3) is 2.45. The molecule has 1 saturated heterocycles. The van der Waals surface area contributed by atoms with Gasteiger partial charge in [0.15, 0.2) is 0 Å². The zero-order valence-corrected chi connectivity index (χ0v) is 15.9. The Balaban J connectivity index is 1.52. The molecule has 0 radical (unpaired) electrons. The van der Waals surface area contributed by atoms with E-state index in [9.17, 15) is 14.4 Å². The van der Waals surface area contributed by atoms with E-state index in [0.29, 0.717) is 19.6 Å². The van der Waals surface area contributed by atoms with Crippen molar-refractivity contribution in [1.82, 2.24) is 24.6 Å². The number of benzene rings is 1. The minimum absolute atomic E-state index is 0.0781. The number of rotatable bonds is 3. The number of nitrogens with zero attached hydrogens (tertiary/aromatic N) is 4. The lowest BCUT2D eigenvalue weighted by atomic mass is 10.1. The maximum Gasteiger partial charge on any atom is 0.268 e. The monoisotopic (exact) mass is 389 g/mol. The van der Waals surface area contributed by atoms with Crippen molar-refractivity contribution in [3.05, 3.63) is 70.3 Å². The van der Waals surface area contributed by atoms with Gasteiger partial charge in [0.2, 0.25) is 5.91 Å².